The highest BCUT2D eigenvalue weighted by Crippen LogP contribution is 2.28. The smallest absolute Gasteiger partial charge is 0.143 e. The van der Waals surface area contributed by atoms with Gasteiger partial charge < -0.3 is 9.64 Å². The van der Waals surface area contributed by atoms with Crippen molar-refractivity contribution >= 4 is 33.3 Å². The molecule has 0 aliphatic rings. The Labute approximate surface area is 126 Å². The topological polar surface area (TPSA) is 25.4 Å². The van der Waals surface area contributed by atoms with Crippen molar-refractivity contribution in [2.24, 2.45) is 0 Å². The van der Waals surface area contributed by atoms with Gasteiger partial charge in [-0.3, -0.25) is 0 Å². The Morgan fingerprint density at radius 2 is 2.11 bits per heavy atom. The van der Waals surface area contributed by atoms with E-state index in [2.05, 4.69) is 20.9 Å². The highest BCUT2D eigenvalue weighted by Gasteiger charge is 2.11. The van der Waals surface area contributed by atoms with Crippen LogP contribution >= 0.6 is 27.5 Å². The van der Waals surface area contributed by atoms with Crippen LogP contribution in [0.2, 0.25) is 5.02 Å². The summed E-state index contributed by atoms with van der Waals surface area (Å²) in [5.74, 6) is 1.72. The molecule has 0 spiro atoms. The van der Waals surface area contributed by atoms with Crippen LogP contribution in [0.4, 0.5) is 5.82 Å². The van der Waals surface area contributed by atoms with Crippen LogP contribution in [0, 0.1) is 0 Å². The van der Waals surface area contributed by atoms with Gasteiger partial charge in [-0.25, -0.2) is 4.98 Å². The summed E-state index contributed by atoms with van der Waals surface area (Å²) in [5, 5.41) is 0.612. The van der Waals surface area contributed by atoms with Crippen LogP contribution in [0.15, 0.2) is 41.0 Å². The zero-order valence-corrected chi connectivity index (χ0v) is 13.1. The van der Waals surface area contributed by atoms with Gasteiger partial charge in [-0.15, -0.1) is 0 Å². The molecule has 5 heteroatoms. The van der Waals surface area contributed by atoms with Gasteiger partial charge in [-0.1, -0.05) is 29.8 Å². The number of aromatic nitrogens is 1. The lowest BCUT2D eigenvalue weighted by Gasteiger charge is -2.20. The summed E-state index contributed by atoms with van der Waals surface area (Å²) in [7, 11) is 3.66. The molecule has 0 unspecified atom stereocenters. The van der Waals surface area contributed by atoms with E-state index in [1.54, 1.807) is 13.3 Å². The molecular formula is C14H14BrClN2O. The molecule has 1 aromatic carbocycles. The van der Waals surface area contributed by atoms with Crippen LogP contribution in [-0.2, 0) is 6.54 Å². The van der Waals surface area contributed by atoms with Gasteiger partial charge in [0.15, 0.2) is 0 Å². The monoisotopic (exact) mass is 340 g/mol. The molecular weight excluding hydrogens is 328 g/mol. The summed E-state index contributed by atoms with van der Waals surface area (Å²) in [6.07, 6.45) is 1.64. The molecule has 0 aliphatic heterocycles. The van der Waals surface area contributed by atoms with Crippen molar-refractivity contribution < 1.29 is 4.74 Å². The molecule has 100 valence electrons. The van der Waals surface area contributed by atoms with E-state index in [0.717, 1.165) is 21.6 Å². The predicted molar refractivity (Wildman–Crippen MR) is 82.0 cm³/mol. The van der Waals surface area contributed by atoms with Gasteiger partial charge in [-0.2, -0.15) is 0 Å². The third kappa shape index (κ3) is 3.39. The first kappa shape index (κ1) is 14.2. The Bertz CT molecular complexity index is 577. The summed E-state index contributed by atoms with van der Waals surface area (Å²) < 4.78 is 6.22. The number of rotatable bonds is 4. The van der Waals surface area contributed by atoms with Crippen molar-refractivity contribution in [3.8, 4) is 5.75 Å². The van der Waals surface area contributed by atoms with Crippen LogP contribution in [0.3, 0.4) is 0 Å². The van der Waals surface area contributed by atoms with Crippen molar-refractivity contribution in [2.75, 3.05) is 19.1 Å². The number of methoxy groups -OCH3 is 1. The van der Waals surface area contributed by atoms with E-state index in [1.165, 1.54) is 0 Å². The van der Waals surface area contributed by atoms with Crippen molar-refractivity contribution in [1.29, 1.82) is 0 Å². The first-order chi connectivity index (χ1) is 9.11. The van der Waals surface area contributed by atoms with E-state index in [0.29, 0.717) is 11.6 Å². The number of anilines is 1. The van der Waals surface area contributed by atoms with Crippen LogP contribution in [-0.4, -0.2) is 19.1 Å². The number of nitrogens with zero attached hydrogens (tertiary/aromatic N) is 2. The van der Waals surface area contributed by atoms with E-state index >= 15 is 0 Å². The van der Waals surface area contributed by atoms with Crippen molar-refractivity contribution in [3.05, 3.63) is 51.6 Å². The largest absolute Gasteiger partial charge is 0.496 e. The quantitative estimate of drug-likeness (QED) is 0.835. The molecule has 0 bridgehead atoms. The summed E-state index contributed by atoms with van der Waals surface area (Å²) in [6, 6.07) is 9.78. The number of halogens is 2. The highest BCUT2D eigenvalue weighted by molar-refractivity contribution is 9.10. The molecule has 2 rings (SSSR count). The van der Waals surface area contributed by atoms with Gasteiger partial charge in [0.2, 0.25) is 0 Å². The molecule has 0 saturated carbocycles. The number of ether oxygens (including phenoxy) is 1. The second-order valence-electron chi connectivity index (χ2n) is 4.13. The summed E-state index contributed by atoms with van der Waals surface area (Å²) in [4.78, 5) is 6.38. The lowest BCUT2D eigenvalue weighted by Crippen LogP contribution is -2.18. The summed E-state index contributed by atoms with van der Waals surface area (Å²) in [5.41, 5.74) is 1.11. The van der Waals surface area contributed by atoms with Crippen molar-refractivity contribution in [3.63, 3.8) is 0 Å². The van der Waals surface area contributed by atoms with E-state index in [4.69, 9.17) is 16.3 Å². The molecule has 0 radical (unpaired) electrons. The number of hydrogen-bond donors (Lipinski definition) is 0. The standard InChI is InChI=1S/C14H14BrClN2O/c1-18(14-12(15)7-11(16)8-17-14)9-10-5-3-4-6-13(10)19-2/h3-8H,9H2,1-2H3. The fraction of sp³-hybridized carbons (Fsp3) is 0.214. The predicted octanol–water partition coefficient (Wildman–Crippen LogP) is 4.14. The zero-order valence-electron chi connectivity index (χ0n) is 10.7. The normalized spacial score (nSPS) is 10.3. The maximum atomic E-state index is 5.90. The third-order valence-corrected chi connectivity index (χ3v) is 3.54. The second-order valence-corrected chi connectivity index (χ2v) is 5.42. The first-order valence-electron chi connectivity index (χ1n) is 5.76. The van der Waals surface area contributed by atoms with Gasteiger partial charge in [0.1, 0.15) is 11.6 Å². The lowest BCUT2D eigenvalue weighted by atomic mass is 10.2. The molecule has 0 atom stereocenters. The van der Waals surface area contributed by atoms with E-state index in [-0.39, 0.29) is 0 Å². The highest BCUT2D eigenvalue weighted by atomic mass is 79.9. The molecule has 0 aliphatic carbocycles. The molecule has 3 nitrogen and oxygen atoms in total. The molecule has 0 saturated heterocycles. The van der Waals surface area contributed by atoms with Crippen LogP contribution in [0.1, 0.15) is 5.56 Å². The minimum Gasteiger partial charge on any atom is -0.496 e. The first-order valence-corrected chi connectivity index (χ1v) is 6.93. The molecule has 0 N–H and O–H groups in total. The number of pyridine rings is 1. The molecule has 1 heterocycles. The Hall–Kier alpha value is -1.26. The van der Waals surface area contributed by atoms with E-state index < -0.39 is 0 Å². The second kappa shape index (κ2) is 6.26. The van der Waals surface area contributed by atoms with Gasteiger partial charge in [0.25, 0.3) is 0 Å². The molecule has 0 amide bonds. The minimum atomic E-state index is 0.612. The fourth-order valence-corrected chi connectivity index (χ4v) is 2.79. The fourth-order valence-electron chi connectivity index (χ4n) is 1.85. The van der Waals surface area contributed by atoms with Crippen molar-refractivity contribution in [2.45, 2.75) is 6.54 Å². The van der Waals surface area contributed by atoms with Crippen LogP contribution in [0.5, 0.6) is 5.75 Å². The molecule has 1 aromatic heterocycles. The zero-order chi connectivity index (χ0) is 13.8. The molecule has 19 heavy (non-hydrogen) atoms. The Kier molecular flexibility index (Phi) is 4.66. The van der Waals surface area contributed by atoms with E-state index in [9.17, 15) is 0 Å². The molecule has 2 aromatic rings. The number of para-hydroxylation sites is 1. The van der Waals surface area contributed by atoms with Crippen molar-refractivity contribution in [1.82, 2.24) is 4.98 Å². The van der Waals surface area contributed by atoms with Gasteiger partial charge >= 0.3 is 0 Å². The average molecular weight is 342 g/mol. The van der Waals surface area contributed by atoms with Gasteiger partial charge in [0, 0.05) is 25.4 Å². The van der Waals surface area contributed by atoms with E-state index in [1.807, 2.05) is 42.3 Å². The lowest BCUT2D eigenvalue weighted by molar-refractivity contribution is 0.409. The van der Waals surface area contributed by atoms with Crippen LogP contribution in [0.25, 0.3) is 0 Å². The maximum Gasteiger partial charge on any atom is 0.143 e. The Morgan fingerprint density at radius 3 is 2.79 bits per heavy atom. The minimum absolute atomic E-state index is 0.612. The maximum absolute atomic E-state index is 5.90. The van der Waals surface area contributed by atoms with Crippen LogP contribution < -0.4 is 9.64 Å². The number of hydrogen-bond acceptors (Lipinski definition) is 3. The summed E-state index contributed by atoms with van der Waals surface area (Å²) >= 11 is 9.38. The average Bonchev–Trinajstić information content (AvgIpc) is 2.39. The Balaban J connectivity index is 2.23. The van der Waals surface area contributed by atoms with Gasteiger partial charge in [-0.05, 0) is 28.1 Å². The SMILES string of the molecule is COc1ccccc1CN(C)c1ncc(Cl)cc1Br. The number of benzene rings is 1. The third-order valence-electron chi connectivity index (χ3n) is 2.75. The Morgan fingerprint density at radius 1 is 1.37 bits per heavy atom. The van der Waals surface area contributed by atoms with Gasteiger partial charge in [0.05, 0.1) is 16.6 Å². The summed E-state index contributed by atoms with van der Waals surface area (Å²) in [6.45, 7) is 0.706. The molecule has 0 fully saturated rings.